The van der Waals surface area contributed by atoms with Crippen molar-refractivity contribution in [3.63, 3.8) is 0 Å². The molecule has 1 aliphatic heterocycles. The monoisotopic (exact) mass is 374 g/mol. The number of likely N-dealkylation sites (N-methyl/N-ethyl adjacent to an activating group) is 1. The predicted molar refractivity (Wildman–Crippen MR) is 107 cm³/mol. The quantitative estimate of drug-likeness (QED) is 0.743. The lowest BCUT2D eigenvalue weighted by Crippen LogP contribution is -2.48. The summed E-state index contributed by atoms with van der Waals surface area (Å²) in [7, 11) is 1.79. The molecular weight excluding hydrogens is 340 g/mol. The molecule has 150 valence electrons. The molecule has 2 unspecified atom stereocenters. The standard InChI is InChI=1S/C22H34N2O3/c1-24(17-22(26)12-7-2-3-8-13-22)21(25)23-20(15-18-11-14-27-16-18)19-9-5-4-6-10-19/h4-6,9-10,18,20,26H,2-3,7-8,11-17H2,1H3,(H,23,25). The Balaban J connectivity index is 1.62. The molecule has 2 amide bonds. The molecular formula is C22H34N2O3. The van der Waals surface area contributed by atoms with Gasteiger partial charge in [0.15, 0.2) is 0 Å². The van der Waals surface area contributed by atoms with E-state index in [1.54, 1.807) is 11.9 Å². The van der Waals surface area contributed by atoms with Crippen molar-refractivity contribution in [3.05, 3.63) is 35.9 Å². The second-order valence-corrected chi connectivity index (χ2v) is 8.37. The zero-order valence-electron chi connectivity index (χ0n) is 16.5. The molecule has 0 radical (unpaired) electrons. The number of nitrogens with zero attached hydrogens (tertiary/aromatic N) is 1. The van der Waals surface area contributed by atoms with Crippen molar-refractivity contribution in [3.8, 4) is 0 Å². The maximum atomic E-state index is 12.9. The van der Waals surface area contributed by atoms with Gasteiger partial charge in [0.05, 0.1) is 18.2 Å². The van der Waals surface area contributed by atoms with Crippen LogP contribution in [0.3, 0.4) is 0 Å². The zero-order valence-corrected chi connectivity index (χ0v) is 16.5. The Morgan fingerprint density at radius 2 is 1.96 bits per heavy atom. The van der Waals surface area contributed by atoms with E-state index < -0.39 is 5.60 Å². The van der Waals surface area contributed by atoms with Gasteiger partial charge in [0, 0.05) is 20.3 Å². The lowest BCUT2D eigenvalue weighted by atomic mass is 9.93. The van der Waals surface area contributed by atoms with E-state index in [1.807, 2.05) is 18.2 Å². The third-order valence-electron chi connectivity index (χ3n) is 6.01. The minimum atomic E-state index is -0.746. The number of hydrogen-bond donors (Lipinski definition) is 2. The van der Waals surface area contributed by atoms with Gasteiger partial charge in [-0.2, -0.15) is 0 Å². The molecule has 2 N–H and O–H groups in total. The second-order valence-electron chi connectivity index (χ2n) is 8.37. The van der Waals surface area contributed by atoms with Crippen LogP contribution in [0.15, 0.2) is 30.3 Å². The Hall–Kier alpha value is -1.59. The number of carbonyl (C=O) groups excluding carboxylic acids is 1. The topological polar surface area (TPSA) is 61.8 Å². The molecule has 5 heteroatoms. The highest BCUT2D eigenvalue weighted by atomic mass is 16.5. The molecule has 1 aliphatic carbocycles. The van der Waals surface area contributed by atoms with Gasteiger partial charge in [-0.15, -0.1) is 0 Å². The number of amides is 2. The van der Waals surface area contributed by atoms with Crippen LogP contribution in [0, 0.1) is 5.92 Å². The minimum Gasteiger partial charge on any atom is -0.388 e. The van der Waals surface area contributed by atoms with E-state index in [0.29, 0.717) is 12.5 Å². The molecule has 0 aromatic heterocycles. The third kappa shape index (κ3) is 5.94. The van der Waals surface area contributed by atoms with Gasteiger partial charge >= 0.3 is 6.03 Å². The fourth-order valence-corrected chi connectivity index (χ4v) is 4.38. The van der Waals surface area contributed by atoms with Gasteiger partial charge in [-0.25, -0.2) is 4.79 Å². The number of nitrogens with one attached hydrogen (secondary N) is 1. The van der Waals surface area contributed by atoms with E-state index in [1.165, 1.54) is 12.8 Å². The van der Waals surface area contributed by atoms with Crippen molar-refractivity contribution in [1.82, 2.24) is 10.2 Å². The summed E-state index contributed by atoms with van der Waals surface area (Å²) in [6, 6.07) is 10.0. The van der Waals surface area contributed by atoms with Gasteiger partial charge < -0.3 is 20.1 Å². The summed E-state index contributed by atoms with van der Waals surface area (Å²) in [6.07, 6.45) is 7.94. The summed E-state index contributed by atoms with van der Waals surface area (Å²) in [5, 5.41) is 14.1. The number of aliphatic hydroxyl groups is 1. The summed E-state index contributed by atoms with van der Waals surface area (Å²) in [5.74, 6) is 0.479. The first-order valence-corrected chi connectivity index (χ1v) is 10.4. The van der Waals surface area contributed by atoms with Gasteiger partial charge in [-0.1, -0.05) is 56.0 Å². The van der Waals surface area contributed by atoms with E-state index in [9.17, 15) is 9.90 Å². The van der Waals surface area contributed by atoms with Crippen LogP contribution in [-0.2, 0) is 4.74 Å². The lowest BCUT2D eigenvalue weighted by molar-refractivity contribution is 0.00433. The molecule has 0 bridgehead atoms. The highest BCUT2D eigenvalue weighted by molar-refractivity contribution is 5.74. The van der Waals surface area contributed by atoms with Crippen molar-refractivity contribution in [2.45, 2.75) is 63.0 Å². The molecule has 27 heavy (non-hydrogen) atoms. The molecule has 1 aromatic rings. The average molecular weight is 375 g/mol. The molecule has 1 aromatic carbocycles. The van der Waals surface area contributed by atoms with Gasteiger partial charge in [-0.05, 0) is 37.2 Å². The van der Waals surface area contributed by atoms with Crippen LogP contribution in [0.1, 0.15) is 63.0 Å². The van der Waals surface area contributed by atoms with E-state index in [4.69, 9.17) is 4.74 Å². The van der Waals surface area contributed by atoms with Crippen molar-refractivity contribution in [1.29, 1.82) is 0 Å². The van der Waals surface area contributed by atoms with Gasteiger partial charge in [-0.3, -0.25) is 0 Å². The lowest BCUT2D eigenvalue weighted by Gasteiger charge is -2.33. The van der Waals surface area contributed by atoms with E-state index in [2.05, 4.69) is 17.4 Å². The Kier molecular flexibility index (Phi) is 7.13. The predicted octanol–water partition coefficient (Wildman–Crippen LogP) is 3.88. The smallest absolute Gasteiger partial charge is 0.317 e. The van der Waals surface area contributed by atoms with Crippen molar-refractivity contribution in [2.24, 2.45) is 5.92 Å². The van der Waals surface area contributed by atoms with Gasteiger partial charge in [0.25, 0.3) is 0 Å². The number of carbonyl (C=O) groups is 1. The van der Waals surface area contributed by atoms with E-state index in [-0.39, 0.29) is 12.1 Å². The SMILES string of the molecule is CN(CC1(O)CCCCCC1)C(=O)NC(CC1CCOC1)c1ccccc1. The molecule has 1 saturated carbocycles. The van der Waals surface area contributed by atoms with Crippen molar-refractivity contribution in [2.75, 3.05) is 26.8 Å². The molecule has 2 fully saturated rings. The Morgan fingerprint density at radius 3 is 2.59 bits per heavy atom. The minimum absolute atomic E-state index is 0.0309. The molecule has 1 saturated heterocycles. The van der Waals surface area contributed by atoms with Crippen LogP contribution in [-0.4, -0.2) is 48.4 Å². The maximum Gasteiger partial charge on any atom is 0.317 e. The average Bonchev–Trinajstić information content (AvgIpc) is 3.08. The normalized spacial score (nSPS) is 23.4. The molecule has 3 rings (SSSR count). The van der Waals surface area contributed by atoms with Crippen LogP contribution in [0.5, 0.6) is 0 Å². The van der Waals surface area contributed by atoms with Crippen molar-refractivity contribution < 1.29 is 14.6 Å². The largest absolute Gasteiger partial charge is 0.388 e. The summed E-state index contributed by atoms with van der Waals surface area (Å²) < 4.78 is 5.52. The fraction of sp³-hybridized carbons (Fsp3) is 0.682. The molecule has 0 spiro atoms. The number of benzene rings is 1. The first kappa shape index (κ1) is 20.2. The van der Waals surface area contributed by atoms with E-state index >= 15 is 0 Å². The van der Waals surface area contributed by atoms with Crippen LogP contribution in [0.25, 0.3) is 0 Å². The summed E-state index contributed by atoms with van der Waals surface area (Å²) in [6.45, 7) is 1.98. The van der Waals surface area contributed by atoms with Crippen LogP contribution in [0.2, 0.25) is 0 Å². The molecule has 1 heterocycles. The van der Waals surface area contributed by atoms with Gasteiger partial charge in [0.2, 0.25) is 0 Å². The number of rotatable bonds is 6. The summed E-state index contributed by atoms with van der Waals surface area (Å²) in [5.41, 5.74) is 0.378. The number of urea groups is 1. The van der Waals surface area contributed by atoms with Crippen LogP contribution >= 0.6 is 0 Å². The molecule has 2 atom stereocenters. The first-order valence-electron chi connectivity index (χ1n) is 10.4. The summed E-state index contributed by atoms with van der Waals surface area (Å²) in [4.78, 5) is 14.5. The number of hydrogen-bond acceptors (Lipinski definition) is 3. The Bertz CT molecular complexity index is 578. The Labute approximate surface area is 163 Å². The third-order valence-corrected chi connectivity index (χ3v) is 6.01. The number of ether oxygens (including phenoxy) is 1. The Morgan fingerprint density at radius 1 is 1.26 bits per heavy atom. The second kappa shape index (κ2) is 9.56. The van der Waals surface area contributed by atoms with Crippen LogP contribution < -0.4 is 5.32 Å². The van der Waals surface area contributed by atoms with Crippen LogP contribution in [0.4, 0.5) is 4.79 Å². The van der Waals surface area contributed by atoms with Gasteiger partial charge in [0.1, 0.15) is 0 Å². The van der Waals surface area contributed by atoms with E-state index in [0.717, 1.165) is 57.3 Å². The molecule has 5 nitrogen and oxygen atoms in total. The summed E-state index contributed by atoms with van der Waals surface area (Å²) >= 11 is 0. The highest BCUT2D eigenvalue weighted by Crippen LogP contribution is 2.29. The zero-order chi connectivity index (χ0) is 19.1. The maximum absolute atomic E-state index is 12.9. The van der Waals surface area contributed by atoms with Crippen molar-refractivity contribution >= 4 is 6.03 Å². The fourth-order valence-electron chi connectivity index (χ4n) is 4.38. The molecule has 2 aliphatic rings. The first-order chi connectivity index (χ1) is 13.1. The highest BCUT2D eigenvalue weighted by Gasteiger charge is 2.31.